The normalized spacial score (nSPS) is 25.7. The van der Waals surface area contributed by atoms with Crippen LogP contribution in [0.2, 0.25) is 10.0 Å². The lowest BCUT2D eigenvalue weighted by Gasteiger charge is -2.23. The van der Waals surface area contributed by atoms with Crippen molar-refractivity contribution in [3.63, 3.8) is 0 Å². The van der Waals surface area contributed by atoms with Gasteiger partial charge in [-0.25, -0.2) is 4.99 Å². The zero-order valence-electron chi connectivity index (χ0n) is 15.4. The second-order valence-corrected chi connectivity index (χ2v) is 8.79. The standard InChI is InChI=1S/C19H23Cl2N3O2S/c1-3-13-10-27-19(23-12-4-5-15(20)16(21)9-12)24(13)17(25)6-7-22-18(26)14-8-11(14)2/h4-5,9,11,13-14H,3,6-8,10H2,1-2H3,(H,22,26). The summed E-state index contributed by atoms with van der Waals surface area (Å²) >= 11 is 13.6. The van der Waals surface area contributed by atoms with E-state index in [9.17, 15) is 9.59 Å². The van der Waals surface area contributed by atoms with Gasteiger partial charge in [0.2, 0.25) is 11.8 Å². The van der Waals surface area contributed by atoms with Crippen LogP contribution in [0.3, 0.4) is 0 Å². The average molecular weight is 428 g/mol. The summed E-state index contributed by atoms with van der Waals surface area (Å²) in [5.41, 5.74) is 0.664. The topological polar surface area (TPSA) is 61.8 Å². The summed E-state index contributed by atoms with van der Waals surface area (Å²) in [6, 6.07) is 5.28. The van der Waals surface area contributed by atoms with Crippen LogP contribution in [0.4, 0.5) is 5.69 Å². The highest BCUT2D eigenvalue weighted by atomic mass is 35.5. The van der Waals surface area contributed by atoms with Crippen molar-refractivity contribution < 1.29 is 9.59 Å². The molecule has 1 N–H and O–H groups in total. The first-order valence-corrected chi connectivity index (χ1v) is 10.9. The molecule has 0 radical (unpaired) electrons. The van der Waals surface area contributed by atoms with Gasteiger partial charge in [0.1, 0.15) is 0 Å². The number of hydrogen-bond donors (Lipinski definition) is 1. The summed E-state index contributed by atoms with van der Waals surface area (Å²) in [5, 5.41) is 4.45. The van der Waals surface area contributed by atoms with Gasteiger partial charge in [0.05, 0.1) is 15.7 Å². The Hall–Kier alpha value is -1.24. The van der Waals surface area contributed by atoms with Gasteiger partial charge in [-0.2, -0.15) is 0 Å². The maximum atomic E-state index is 12.8. The van der Waals surface area contributed by atoms with E-state index in [0.717, 1.165) is 18.6 Å². The molecule has 3 rings (SSSR count). The summed E-state index contributed by atoms with van der Waals surface area (Å²) < 4.78 is 0. The lowest BCUT2D eigenvalue weighted by atomic mass is 10.2. The minimum atomic E-state index is -0.0187. The van der Waals surface area contributed by atoms with Crippen molar-refractivity contribution in [3.8, 4) is 0 Å². The van der Waals surface area contributed by atoms with Crippen molar-refractivity contribution in [2.45, 2.75) is 39.2 Å². The molecular weight excluding hydrogens is 405 g/mol. The van der Waals surface area contributed by atoms with E-state index in [1.807, 2.05) is 0 Å². The molecule has 2 fully saturated rings. The summed E-state index contributed by atoms with van der Waals surface area (Å²) in [5.74, 6) is 1.44. The van der Waals surface area contributed by atoms with Crippen molar-refractivity contribution in [3.05, 3.63) is 28.2 Å². The Labute approximate surface area is 173 Å². The molecule has 5 nitrogen and oxygen atoms in total. The Morgan fingerprint density at radius 3 is 2.70 bits per heavy atom. The number of hydrogen-bond acceptors (Lipinski definition) is 4. The monoisotopic (exact) mass is 427 g/mol. The van der Waals surface area contributed by atoms with Gasteiger partial charge in [0.15, 0.2) is 5.17 Å². The minimum absolute atomic E-state index is 0.0187. The first-order valence-electron chi connectivity index (χ1n) is 9.17. The third-order valence-corrected chi connectivity index (χ3v) is 6.76. The van der Waals surface area contributed by atoms with E-state index in [4.69, 9.17) is 23.2 Å². The second kappa shape index (κ2) is 8.84. The van der Waals surface area contributed by atoms with Gasteiger partial charge in [-0.15, -0.1) is 0 Å². The molecule has 1 aliphatic heterocycles. The van der Waals surface area contributed by atoms with Gasteiger partial charge >= 0.3 is 0 Å². The molecule has 1 heterocycles. The first-order chi connectivity index (χ1) is 12.9. The highest BCUT2D eigenvalue weighted by Gasteiger charge is 2.39. The van der Waals surface area contributed by atoms with Crippen LogP contribution in [0.25, 0.3) is 0 Å². The van der Waals surface area contributed by atoms with Crippen molar-refractivity contribution in [2.75, 3.05) is 12.3 Å². The van der Waals surface area contributed by atoms with Gasteiger partial charge < -0.3 is 5.32 Å². The minimum Gasteiger partial charge on any atom is -0.355 e. The Morgan fingerprint density at radius 1 is 1.33 bits per heavy atom. The van der Waals surface area contributed by atoms with E-state index >= 15 is 0 Å². The van der Waals surface area contributed by atoms with Crippen LogP contribution in [0, 0.1) is 11.8 Å². The SMILES string of the molecule is CCC1CSC(=Nc2ccc(Cl)c(Cl)c2)N1C(=O)CCNC(=O)C1CC1C. The summed E-state index contributed by atoms with van der Waals surface area (Å²) in [4.78, 5) is 31.1. The van der Waals surface area contributed by atoms with Gasteiger partial charge in [-0.05, 0) is 37.0 Å². The number of thioether (sulfide) groups is 1. The van der Waals surface area contributed by atoms with Crippen LogP contribution in [0.5, 0.6) is 0 Å². The van der Waals surface area contributed by atoms with Crippen LogP contribution in [0.1, 0.15) is 33.1 Å². The van der Waals surface area contributed by atoms with Gasteiger partial charge in [-0.1, -0.05) is 48.8 Å². The van der Waals surface area contributed by atoms with Gasteiger partial charge in [0.25, 0.3) is 0 Å². The smallest absolute Gasteiger partial charge is 0.230 e. The van der Waals surface area contributed by atoms with E-state index in [2.05, 4.69) is 24.2 Å². The van der Waals surface area contributed by atoms with Crippen molar-refractivity contribution in [1.82, 2.24) is 10.2 Å². The van der Waals surface area contributed by atoms with Crippen LogP contribution >= 0.6 is 35.0 Å². The first kappa shape index (κ1) is 20.5. The summed E-state index contributed by atoms with van der Waals surface area (Å²) in [6.45, 7) is 4.48. The molecule has 2 aliphatic rings. The summed E-state index contributed by atoms with van der Waals surface area (Å²) in [7, 11) is 0. The fraction of sp³-hybridized carbons (Fsp3) is 0.526. The molecule has 146 valence electrons. The number of rotatable bonds is 6. The predicted molar refractivity (Wildman–Crippen MR) is 112 cm³/mol. The molecular formula is C19H23Cl2N3O2S. The number of amides is 2. The van der Waals surface area contributed by atoms with Gasteiger partial charge in [0, 0.05) is 30.7 Å². The molecule has 3 unspecified atom stereocenters. The molecule has 1 aromatic carbocycles. The second-order valence-electron chi connectivity index (χ2n) is 6.99. The number of halogens is 2. The van der Waals surface area contributed by atoms with Crippen molar-refractivity contribution >= 4 is 57.6 Å². The van der Waals surface area contributed by atoms with Crippen LogP contribution in [-0.2, 0) is 9.59 Å². The van der Waals surface area contributed by atoms with E-state index in [-0.39, 0.29) is 30.2 Å². The molecule has 0 aromatic heterocycles. The number of benzene rings is 1. The molecule has 0 spiro atoms. The molecule has 1 aromatic rings. The molecule has 3 atom stereocenters. The largest absolute Gasteiger partial charge is 0.355 e. The Balaban J connectivity index is 1.65. The van der Waals surface area contributed by atoms with Crippen LogP contribution in [-0.4, -0.2) is 40.2 Å². The maximum absolute atomic E-state index is 12.8. The lowest BCUT2D eigenvalue weighted by molar-refractivity contribution is -0.128. The number of carbonyl (C=O) groups excluding carboxylic acids is 2. The number of nitrogens with one attached hydrogen (secondary N) is 1. The molecule has 2 amide bonds. The zero-order valence-corrected chi connectivity index (χ0v) is 17.7. The fourth-order valence-corrected chi connectivity index (χ4v) is 4.64. The van der Waals surface area contributed by atoms with E-state index in [0.29, 0.717) is 33.4 Å². The highest BCUT2D eigenvalue weighted by Crippen LogP contribution is 2.37. The molecule has 0 bridgehead atoms. The molecule has 8 heteroatoms. The number of aliphatic imine (C=N–C) groups is 1. The van der Waals surface area contributed by atoms with Crippen LogP contribution < -0.4 is 5.32 Å². The maximum Gasteiger partial charge on any atom is 0.230 e. The third-order valence-electron chi connectivity index (χ3n) is 4.93. The molecule has 1 saturated heterocycles. The number of amidine groups is 1. The highest BCUT2D eigenvalue weighted by molar-refractivity contribution is 8.14. The quantitative estimate of drug-likeness (QED) is 0.726. The zero-order chi connectivity index (χ0) is 19.6. The summed E-state index contributed by atoms with van der Waals surface area (Å²) in [6.07, 6.45) is 2.07. The Morgan fingerprint density at radius 2 is 2.07 bits per heavy atom. The van der Waals surface area contributed by atoms with E-state index in [1.165, 1.54) is 0 Å². The Bertz CT molecular complexity index is 771. The fourth-order valence-electron chi connectivity index (χ4n) is 3.06. The molecule has 27 heavy (non-hydrogen) atoms. The molecule has 1 saturated carbocycles. The van der Waals surface area contributed by atoms with Gasteiger partial charge in [-0.3, -0.25) is 14.5 Å². The predicted octanol–water partition coefficient (Wildman–Crippen LogP) is 4.50. The molecule has 1 aliphatic carbocycles. The average Bonchev–Trinajstić information content (AvgIpc) is 3.23. The number of nitrogens with zero attached hydrogens (tertiary/aromatic N) is 2. The Kier molecular flexibility index (Phi) is 6.71. The van der Waals surface area contributed by atoms with E-state index < -0.39 is 0 Å². The van der Waals surface area contributed by atoms with Crippen LogP contribution in [0.15, 0.2) is 23.2 Å². The lowest BCUT2D eigenvalue weighted by Crippen LogP contribution is -2.40. The number of carbonyl (C=O) groups is 2. The van der Waals surface area contributed by atoms with E-state index in [1.54, 1.807) is 34.9 Å². The third kappa shape index (κ3) is 4.98. The van der Waals surface area contributed by atoms with Crippen molar-refractivity contribution in [2.24, 2.45) is 16.8 Å². The van der Waals surface area contributed by atoms with Crippen molar-refractivity contribution in [1.29, 1.82) is 0 Å².